The molecule has 0 unspecified atom stereocenters. The van der Waals surface area contributed by atoms with Gasteiger partial charge in [-0.2, -0.15) is 0 Å². The van der Waals surface area contributed by atoms with Gasteiger partial charge in [0.15, 0.2) is 0 Å². The average Bonchev–Trinajstić information content (AvgIpc) is 2.29. The van der Waals surface area contributed by atoms with Crippen LogP contribution in [0.3, 0.4) is 0 Å². The fourth-order valence-electron chi connectivity index (χ4n) is 0.940. The molecule has 0 atom stereocenters. The van der Waals surface area contributed by atoms with Gasteiger partial charge >= 0.3 is 12.0 Å². The smallest absolute Gasteiger partial charge is 0.329 e. The van der Waals surface area contributed by atoms with Crippen LogP contribution >= 0.6 is 0 Å². The third-order valence-corrected chi connectivity index (χ3v) is 2.45. The van der Waals surface area contributed by atoms with Crippen LogP contribution in [-0.2, 0) is 4.79 Å². The number of hydrogen-bond acceptors (Lipinski definition) is 4. The van der Waals surface area contributed by atoms with Crippen LogP contribution in [0.25, 0.3) is 0 Å². The van der Waals surface area contributed by atoms with Gasteiger partial charge in [0.1, 0.15) is 5.54 Å². The molecule has 0 aliphatic carbocycles. The van der Waals surface area contributed by atoms with Crippen molar-refractivity contribution >= 4 is 17.9 Å². The first-order valence-corrected chi connectivity index (χ1v) is 4.91. The molecule has 0 saturated carbocycles. The lowest BCUT2D eigenvalue weighted by atomic mass is 10.1. The zero-order valence-corrected chi connectivity index (χ0v) is 9.84. The van der Waals surface area contributed by atoms with Gasteiger partial charge in [0, 0.05) is 19.4 Å². The summed E-state index contributed by atoms with van der Waals surface area (Å²) in [6.07, 6.45) is 2.95. The van der Waals surface area contributed by atoms with Crippen LogP contribution in [0.4, 0.5) is 10.7 Å². The van der Waals surface area contributed by atoms with Gasteiger partial charge in [-0.25, -0.2) is 19.6 Å². The minimum absolute atomic E-state index is 0.130. The largest absolute Gasteiger partial charge is 0.480 e. The fraction of sp³-hybridized carbons (Fsp3) is 0.400. The highest BCUT2D eigenvalue weighted by atomic mass is 16.4. The van der Waals surface area contributed by atoms with Crippen LogP contribution in [-0.4, -0.2) is 44.6 Å². The maximum absolute atomic E-state index is 11.7. The highest BCUT2D eigenvalue weighted by molar-refractivity contribution is 5.92. The van der Waals surface area contributed by atoms with Crippen molar-refractivity contribution in [2.75, 3.05) is 12.4 Å². The number of urea groups is 1. The normalized spacial score (nSPS) is 10.8. The number of carboxylic acids is 1. The van der Waals surface area contributed by atoms with Crippen molar-refractivity contribution in [3.8, 4) is 0 Å². The molecule has 0 aliphatic rings. The monoisotopic (exact) mass is 238 g/mol. The van der Waals surface area contributed by atoms with Gasteiger partial charge in [-0.05, 0) is 19.9 Å². The quantitative estimate of drug-likeness (QED) is 0.812. The lowest BCUT2D eigenvalue weighted by Crippen LogP contribution is -2.52. The van der Waals surface area contributed by atoms with Gasteiger partial charge in [0.2, 0.25) is 5.95 Å². The zero-order chi connectivity index (χ0) is 13.1. The van der Waals surface area contributed by atoms with Gasteiger partial charge in [-0.3, -0.25) is 5.32 Å². The Balaban J connectivity index is 2.75. The molecule has 2 amide bonds. The Morgan fingerprint density at radius 3 is 2.35 bits per heavy atom. The molecule has 1 aromatic rings. The van der Waals surface area contributed by atoms with E-state index in [1.165, 1.54) is 33.3 Å². The Hall–Kier alpha value is -2.18. The van der Waals surface area contributed by atoms with Crippen molar-refractivity contribution in [1.29, 1.82) is 0 Å². The second-order valence-corrected chi connectivity index (χ2v) is 3.93. The summed E-state index contributed by atoms with van der Waals surface area (Å²) in [5.41, 5.74) is -1.31. The number of amides is 2. The van der Waals surface area contributed by atoms with Crippen molar-refractivity contribution in [3.63, 3.8) is 0 Å². The lowest BCUT2D eigenvalue weighted by Gasteiger charge is -2.31. The van der Waals surface area contributed by atoms with E-state index >= 15 is 0 Å². The third-order valence-electron chi connectivity index (χ3n) is 2.45. The van der Waals surface area contributed by atoms with E-state index in [0.29, 0.717) is 0 Å². The van der Waals surface area contributed by atoms with Crippen molar-refractivity contribution < 1.29 is 14.7 Å². The summed E-state index contributed by atoms with van der Waals surface area (Å²) in [6.45, 7) is 2.86. The maximum Gasteiger partial charge on any atom is 0.329 e. The number of aromatic nitrogens is 2. The van der Waals surface area contributed by atoms with Crippen molar-refractivity contribution in [3.05, 3.63) is 18.5 Å². The van der Waals surface area contributed by atoms with Crippen molar-refractivity contribution in [1.82, 2.24) is 14.9 Å². The number of hydrogen-bond donors (Lipinski definition) is 2. The first-order valence-electron chi connectivity index (χ1n) is 4.91. The first kappa shape index (κ1) is 12.9. The average molecular weight is 238 g/mol. The summed E-state index contributed by atoms with van der Waals surface area (Å²) in [6, 6.07) is 1.03. The Labute approximate surface area is 98.5 Å². The summed E-state index contributed by atoms with van der Waals surface area (Å²) in [7, 11) is 1.40. The molecule has 0 aliphatic heterocycles. The zero-order valence-electron chi connectivity index (χ0n) is 9.84. The number of carboxylic acid groups (broad SMARTS) is 1. The molecule has 0 aromatic carbocycles. The number of carbonyl (C=O) groups is 2. The molecule has 92 valence electrons. The van der Waals surface area contributed by atoms with E-state index in [2.05, 4.69) is 15.3 Å². The van der Waals surface area contributed by atoms with Crippen molar-refractivity contribution in [2.45, 2.75) is 19.4 Å². The number of anilines is 1. The molecule has 17 heavy (non-hydrogen) atoms. The van der Waals surface area contributed by atoms with Crippen LogP contribution < -0.4 is 5.32 Å². The van der Waals surface area contributed by atoms with E-state index in [0.717, 1.165) is 4.90 Å². The maximum atomic E-state index is 11.7. The molecule has 0 radical (unpaired) electrons. The minimum Gasteiger partial charge on any atom is -0.480 e. The van der Waals surface area contributed by atoms with Crippen LogP contribution in [0.5, 0.6) is 0 Å². The van der Waals surface area contributed by atoms with Crippen LogP contribution in [0, 0.1) is 0 Å². The summed E-state index contributed by atoms with van der Waals surface area (Å²) < 4.78 is 0. The molecule has 0 saturated heterocycles. The molecule has 0 spiro atoms. The fourth-order valence-corrected chi connectivity index (χ4v) is 0.940. The lowest BCUT2D eigenvalue weighted by molar-refractivity contribution is -0.146. The number of carbonyl (C=O) groups excluding carboxylic acids is 1. The molecular formula is C10H14N4O3. The minimum atomic E-state index is -1.31. The number of aliphatic carboxylic acids is 1. The molecule has 7 heteroatoms. The topological polar surface area (TPSA) is 95.4 Å². The van der Waals surface area contributed by atoms with E-state index in [1.54, 1.807) is 6.07 Å². The molecule has 1 heterocycles. The summed E-state index contributed by atoms with van der Waals surface area (Å²) >= 11 is 0. The highest BCUT2D eigenvalue weighted by Gasteiger charge is 2.35. The van der Waals surface area contributed by atoms with E-state index in [9.17, 15) is 9.59 Å². The van der Waals surface area contributed by atoms with E-state index in [1.807, 2.05) is 0 Å². The Morgan fingerprint density at radius 2 is 1.88 bits per heavy atom. The number of likely N-dealkylation sites (N-methyl/N-ethyl adjacent to an activating group) is 1. The molecule has 1 rings (SSSR count). The van der Waals surface area contributed by atoms with Crippen molar-refractivity contribution in [2.24, 2.45) is 0 Å². The van der Waals surface area contributed by atoms with Gasteiger partial charge in [0.05, 0.1) is 0 Å². The molecule has 1 aromatic heterocycles. The predicted octanol–water partition coefficient (Wildman–Crippen LogP) is 0.803. The molecule has 2 N–H and O–H groups in total. The van der Waals surface area contributed by atoms with Gasteiger partial charge < -0.3 is 10.0 Å². The SMILES string of the molecule is CN(C(=O)Nc1ncccn1)C(C)(C)C(=O)O. The second kappa shape index (κ2) is 4.77. The summed E-state index contributed by atoms with van der Waals surface area (Å²) in [5.74, 6) is -0.963. The number of rotatable bonds is 3. The van der Waals surface area contributed by atoms with Gasteiger partial charge in [-0.1, -0.05) is 0 Å². The first-order chi connectivity index (χ1) is 7.85. The van der Waals surface area contributed by atoms with Crippen LogP contribution in [0.2, 0.25) is 0 Å². The Bertz CT molecular complexity index is 419. The van der Waals surface area contributed by atoms with Crippen LogP contribution in [0.1, 0.15) is 13.8 Å². The number of nitrogens with zero attached hydrogens (tertiary/aromatic N) is 3. The van der Waals surface area contributed by atoms with E-state index < -0.39 is 17.5 Å². The Morgan fingerprint density at radius 1 is 1.35 bits per heavy atom. The molecular weight excluding hydrogens is 224 g/mol. The molecule has 0 fully saturated rings. The third kappa shape index (κ3) is 2.90. The summed E-state index contributed by atoms with van der Waals surface area (Å²) in [4.78, 5) is 31.4. The van der Waals surface area contributed by atoms with Crippen LogP contribution in [0.15, 0.2) is 18.5 Å². The Kier molecular flexibility index (Phi) is 3.62. The summed E-state index contributed by atoms with van der Waals surface area (Å²) in [5, 5.41) is 11.4. The predicted molar refractivity (Wildman–Crippen MR) is 60.5 cm³/mol. The standard InChI is InChI=1S/C10H14N4O3/c1-10(2,7(15)16)14(3)9(17)13-8-11-5-4-6-12-8/h4-6H,1-3H3,(H,15,16)(H,11,12,13,17). The van der Waals surface area contributed by atoms with E-state index in [-0.39, 0.29) is 5.95 Å². The molecule has 0 bridgehead atoms. The highest BCUT2D eigenvalue weighted by Crippen LogP contribution is 2.13. The number of nitrogens with one attached hydrogen (secondary N) is 1. The van der Waals surface area contributed by atoms with Gasteiger partial charge in [0.25, 0.3) is 0 Å². The molecule has 7 nitrogen and oxygen atoms in total. The van der Waals surface area contributed by atoms with Gasteiger partial charge in [-0.15, -0.1) is 0 Å². The second-order valence-electron chi connectivity index (χ2n) is 3.93. The van der Waals surface area contributed by atoms with E-state index in [4.69, 9.17) is 5.11 Å².